The highest BCUT2D eigenvalue weighted by Gasteiger charge is 2.20. The first kappa shape index (κ1) is 41.7. The van der Waals surface area contributed by atoms with Crippen molar-refractivity contribution in [2.75, 3.05) is 0 Å². The molecule has 6 nitrogen and oxygen atoms in total. The van der Waals surface area contributed by atoms with Crippen LogP contribution in [-0.4, -0.2) is 23.9 Å². The van der Waals surface area contributed by atoms with E-state index in [0.29, 0.717) is 11.8 Å². The summed E-state index contributed by atoms with van der Waals surface area (Å²) in [4.78, 5) is 0. The molecule has 0 N–H and O–H groups in total. The van der Waals surface area contributed by atoms with Gasteiger partial charge in [0.15, 0.2) is 0 Å². The molecule has 0 amide bonds. The topological polar surface area (TPSA) is 53.7 Å². The standard InChI is InChI=1S/C68H43N5O/c1-5-15-44(16-6-1)48-27-34-62-56(39-48)58-41-50(29-36-63(58)72(62)53-31-25-47(26-32-53)68-70-69-67(74-68)46-19-9-3-10-20-46)51-30-37-65-59(42-51)57-40-49(45-17-7-2-8-18-45)28-35-64(57)73(65)54-33-38-66-60(43-54)55-23-13-14-24-61(55)71(66)52-21-11-4-12-22-52/h1-43H. The van der Waals surface area contributed by atoms with Crippen LogP contribution in [0.5, 0.6) is 0 Å². The van der Waals surface area contributed by atoms with Crippen molar-refractivity contribution in [1.29, 1.82) is 0 Å². The second-order valence-electron chi connectivity index (χ2n) is 19.0. The highest BCUT2D eigenvalue weighted by molar-refractivity contribution is 6.15. The van der Waals surface area contributed by atoms with Gasteiger partial charge >= 0.3 is 0 Å². The number of benzene rings is 11. The molecule has 4 heterocycles. The van der Waals surface area contributed by atoms with E-state index in [2.05, 4.69) is 254 Å². The molecule has 4 aromatic heterocycles. The highest BCUT2D eigenvalue weighted by atomic mass is 16.4. The largest absolute Gasteiger partial charge is 0.416 e. The van der Waals surface area contributed by atoms with Crippen molar-refractivity contribution in [2.45, 2.75) is 0 Å². The molecule has 346 valence electrons. The van der Waals surface area contributed by atoms with Crippen molar-refractivity contribution < 1.29 is 4.42 Å². The zero-order valence-corrected chi connectivity index (χ0v) is 40.0. The molecule has 0 aliphatic heterocycles. The fourth-order valence-electron chi connectivity index (χ4n) is 11.3. The summed E-state index contributed by atoms with van der Waals surface area (Å²) in [7, 11) is 0. The Bertz CT molecular complexity index is 4620. The third-order valence-electron chi connectivity index (χ3n) is 14.8. The Balaban J connectivity index is 0.892. The van der Waals surface area contributed by atoms with Gasteiger partial charge in [-0.2, -0.15) is 0 Å². The van der Waals surface area contributed by atoms with Gasteiger partial charge < -0.3 is 18.1 Å². The zero-order valence-electron chi connectivity index (χ0n) is 40.0. The lowest BCUT2D eigenvalue weighted by Gasteiger charge is -2.11. The van der Waals surface area contributed by atoms with E-state index in [1.807, 2.05) is 30.3 Å². The van der Waals surface area contributed by atoms with Gasteiger partial charge in [0.25, 0.3) is 0 Å². The molecule has 0 bridgehead atoms. The van der Waals surface area contributed by atoms with Crippen molar-refractivity contribution >= 4 is 65.4 Å². The number of nitrogens with zero attached hydrogens (tertiary/aromatic N) is 5. The average Bonchev–Trinajstić information content (AvgIpc) is 4.29. The van der Waals surface area contributed by atoms with Gasteiger partial charge in [0.1, 0.15) is 0 Å². The van der Waals surface area contributed by atoms with E-state index in [-0.39, 0.29) is 0 Å². The molecular weight excluding hydrogens is 903 g/mol. The van der Waals surface area contributed by atoms with Crippen molar-refractivity contribution in [3.8, 4) is 73.4 Å². The Morgan fingerprint density at radius 3 is 1.01 bits per heavy atom. The number of hydrogen-bond acceptors (Lipinski definition) is 3. The van der Waals surface area contributed by atoms with E-state index in [9.17, 15) is 0 Å². The molecule has 0 radical (unpaired) electrons. The second kappa shape index (κ2) is 16.8. The summed E-state index contributed by atoms with van der Waals surface area (Å²) in [5, 5.41) is 16.0. The van der Waals surface area contributed by atoms with Crippen LogP contribution in [0.4, 0.5) is 0 Å². The summed E-state index contributed by atoms with van der Waals surface area (Å²) in [5.74, 6) is 0.986. The van der Waals surface area contributed by atoms with Crippen LogP contribution in [0.15, 0.2) is 265 Å². The molecular formula is C68H43N5O. The minimum absolute atomic E-state index is 0.486. The molecule has 0 unspecified atom stereocenters. The average molecular weight is 946 g/mol. The summed E-state index contributed by atoms with van der Waals surface area (Å²) in [6, 6.07) is 93.8. The minimum atomic E-state index is 0.486. The fraction of sp³-hybridized carbons (Fsp3) is 0. The van der Waals surface area contributed by atoms with Crippen LogP contribution in [0.1, 0.15) is 0 Å². The molecule has 15 aromatic rings. The van der Waals surface area contributed by atoms with Gasteiger partial charge in [0.05, 0.1) is 33.1 Å². The summed E-state index contributed by atoms with van der Waals surface area (Å²) >= 11 is 0. The van der Waals surface area contributed by atoms with Crippen LogP contribution in [0, 0.1) is 0 Å². The fourth-order valence-corrected chi connectivity index (χ4v) is 11.3. The number of para-hydroxylation sites is 2. The minimum Gasteiger partial charge on any atom is -0.416 e. The predicted molar refractivity (Wildman–Crippen MR) is 304 cm³/mol. The second-order valence-corrected chi connectivity index (χ2v) is 19.0. The molecule has 11 aromatic carbocycles. The van der Waals surface area contributed by atoms with Gasteiger partial charge in [0.2, 0.25) is 11.8 Å². The zero-order chi connectivity index (χ0) is 48.7. The Morgan fingerprint density at radius 1 is 0.216 bits per heavy atom. The highest BCUT2D eigenvalue weighted by Crippen LogP contribution is 2.42. The summed E-state index contributed by atoms with van der Waals surface area (Å²) < 4.78 is 13.3. The molecule has 0 fully saturated rings. The molecule has 0 atom stereocenters. The van der Waals surface area contributed by atoms with Crippen LogP contribution in [0.25, 0.3) is 139 Å². The summed E-state index contributed by atoms with van der Waals surface area (Å²) in [5.41, 5.74) is 19.1. The first-order chi connectivity index (χ1) is 36.7. The molecule has 0 saturated carbocycles. The SMILES string of the molecule is c1ccc(-c2ccc3c(c2)c2cc(-c4ccc5c(c4)c4cc(-c6ccccc6)ccc4n5-c4ccc5c(c4)c4ccccc4n5-c4ccccc4)ccc2n3-c2ccc(-c3nnc(-c4ccccc4)o3)cc2)cc1. The number of hydrogen-bond donors (Lipinski definition) is 0. The third-order valence-corrected chi connectivity index (χ3v) is 14.8. The molecule has 0 aliphatic rings. The van der Waals surface area contributed by atoms with Crippen LogP contribution in [-0.2, 0) is 0 Å². The van der Waals surface area contributed by atoms with Gasteiger partial charge in [-0.15, -0.1) is 10.2 Å². The van der Waals surface area contributed by atoms with Gasteiger partial charge in [-0.1, -0.05) is 140 Å². The monoisotopic (exact) mass is 945 g/mol. The van der Waals surface area contributed by atoms with E-state index in [4.69, 9.17) is 4.42 Å². The third kappa shape index (κ3) is 6.73. The van der Waals surface area contributed by atoms with Crippen LogP contribution >= 0.6 is 0 Å². The van der Waals surface area contributed by atoms with Crippen LogP contribution < -0.4 is 0 Å². The lowest BCUT2D eigenvalue weighted by molar-refractivity contribution is 0.584. The van der Waals surface area contributed by atoms with E-state index in [1.165, 1.54) is 65.6 Å². The molecule has 0 aliphatic carbocycles. The molecule has 74 heavy (non-hydrogen) atoms. The summed E-state index contributed by atoms with van der Waals surface area (Å²) in [6.07, 6.45) is 0. The Hall–Kier alpha value is -10.0. The van der Waals surface area contributed by atoms with Crippen molar-refractivity contribution in [3.05, 3.63) is 261 Å². The quantitative estimate of drug-likeness (QED) is 0.152. The molecule has 0 saturated heterocycles. The van der Waals surface area contributed by atoms with E-state index < -0.39 is 0 Å². The molecule has 0 spiro atoms. The van der Waals surface area contributed by atoms with Gasteiger partial charge in [-0.25, -0.2) is 0 Å². The first-order valence-electron chi connectivity index (χ1n) is 25.0. The number of rotatable bonds is 8. The van der Waals surface area contributed by atoms with Crippen molar-refractivity contribution in [2.24, 2.45) is 0 Å². The maximum Gasteiger partial charge on any atom is 0.248 e. The van der Waals surface area contributed by atoms with Gasteiger partial charge in [-0.05, 0) is 155 Å². The van der Waals surface area contributed by atoms with Crippen LogP contribution in [0.2, 0.25) is 0 Å². The van der Waals surface area contributed by atoms with E-state index in [0.717, 1.165) is 61.4 Å². The smallest absolute Gasteiger partial charge is 0.248 e. The molecule has 6 heteroatoms. The Kier molecular flexibility index (Phi) is 9.47. The predicted octanol–water partition coefficient (Wildman–Crippen LogP) is 17.7. The number of fused-ring (bicyclic) bond motifs is 9. The van der Waals surface area contributed by atoms with E-state index in [1.54, 1.807) is 0 Å². The van der Waals surface area contributed by atoms with E-state index >= 15 is 0 Å². The maximum absolute atomic E-state index is 6.15. The first-order valence-corrected chi connectivity index (χ1v) is 25.0. The van der Waals surface area contributed by atoms with Gasteiger partial charge in [-0.3, -0.25) is 0 Å². The Labute approximate surface area is 425 Å². The number of aromatic nitrogens is 5. The lowest BCUT2D eigenvalue weighted by Crippen LogP contribution is -1.95. The Morgan fingerprint density at radius 2 is 0.527 bits per heavy atom. The summed E-state index contributed by atoms with van der Waals surface area (Å²) in [6.45, 7) is 0. The maximum atomic E-state index is 6.15. The van der Waals surface area contributed by atoms with Crippen molar-refractivity contribution in [1.82, 2.24) is 23.9 Å². The van der Waals surface area contributed by atoms with Crippen LogP contribution in [0.3, 0.4) is 0 Å². The normalized spacial score (nSPS) is 11.8. The molecule has 15 rings (SSSR count). The van der Waals surface area contributed by atoms with Crippen molar-refractivity contribution in [3.63, 3.8) is 0 Å². The van der Waals surface area contributed by atoms with Gasteiger partial charge in [0, 0.05) is 60.5 Å². The lowest BCUT2D eigenvalue weighted by atomic mass is 9.98.